The summed E-state index contributed by atoms with van der Waals surface area (Å²) in [5, 5.41) is 0. The van der Waals surface area contributed by atoms with E-state index < -0.39 is 0 Å². The van der Waals surface area contributed by atoms with Crippen molar-refractivity contribution in [2.24, 2.45) is 0 Å². The van der Waals surface area contributed by atoms with E-state index in [1.807, 2.05) is 12.1 Å². The van der Waals surface area contributed by atoms with Gasteiger partial charge < -0.3 is 17.6 Å². The zero-order valence-corrected chi connectivity index (χ0v) is 10.2. The molecule has 0 unspecified atom stereocenters. The standard InChI is InChI=1S/C9H11O.BrH.Mg/c1-3-8-5-4-6-9(7-8)10-2;;/h4-7H,1,3H2,2H3;1H;/q;;+1/p-1. The number of ether oxygens (including phenoxy) is 1. The molecule has 0 heterocycles. The molecule has 12 heavy (non-hydrogen) atoms. The molecule has 0 fully saturated rings. The lowest BCUT2D eigenvalue weighted by atomic mass is 10.2. The number of rotatable bonds is 4. The highest BCUT2D eigenvalue weighted by Gasteiger charge is 1.96. The summed E-state index contributed by atoms with van der Waals surface area (Å²) in [6.07, 6.45) is 1.18. The van der Waals surface area contributed by atoms with E-state index in [0.717, 1.165) is 5.75 Å². The van der Waals surface area contributed by atoms with Gasteiger partial charge >= 0.3 is 18.2 Å². The molecule has 1 aromatic carbocycles. The number of hydrogen-bond acceptors (Lipinski definition) is 1. The highest BCUT2D eigenvalue weighted by atomic mass is 79.9. The van der Waals surface area contributed by atoms with Gasteiger partial charge in [0.1, 0.15) is 5.75 Å². The summed E-state index contributed by atoms with van der Waals surface area (Å²) in [5.41, 5.74) is 1.38. The van der Waals surface area contributed by atoms with Crippen LogP contribution in [-0.4, -0.2) is 25.3 Å². The highest BCUT2D eigenvalue weighted by molar-refractivity contribution is 9.23. The number of hydrogen-bond donors (Lipinski definition) is 0. The van der Waals surface area contributed by atoms with Crippen LogP contribution in [-0.2, 0) is 6.42 Å². The van der Waals surface area contributed by atoms with Crippen molar-refractivity contribution < 1.29 is 4.74 Å². The SMILES string of the molecule is COc1cccc(C[CH2][Mg][Br])c1. The molecule has 0 spiro atoms. The van der Waals surface area contributed by atoms with Crippen LogP contribution >= 0.6 is 12.9 Å². The zero-order chi connectivity index (χ0) is 8.81. The Bertz CT molecular complexity index is 240. The summed E-state index contributed by atoms with van der Waals surface area (Å²) in [4.78, 5) is 0. The first-order valence-corrected chi connectivity index (χ1v) is 8.95. The molecule has 1 rings (SSSR count). The Morgan fingerprint density at radius 1 is 1.50 bits per heavy atom. The maximum absolute atomic E-state index is 5.13. The Labute approximate surface area is 89.1 Å². The van der Waals surface area contributed by atoms with Gasteiger partial charge in [-0.1, -0.05) is 12.1 Å². The van der Waals surface area contributed by atoms with E-state index in [-0.39, 0.29) is 18.2 Å². The Kier molecular flexibility index (Phi) is 5.03. The molecule has 0 aliphatic rings. The van der Waals surface area contributed by atoms with Crippen LogP contribution in [0.25, 0.3) is 0 Å². The molecule has 0 N–H and O–H groups in total. The molecule has 0 aromatic heterocycles. The van der Waals surface area contributed by atoms with Gasteiger partial charge in [-0.05, 0) is 24.1 Å². The van der Waals surface area contributed by atoms with E-state index in [0.29, 0.717) is 0 Å². The van der Waals surface area contributed by atoms with Crippen LogP contribution in [0.2, 0.25) is 4.55 Å². The fourth-order valence-corrected chi connectivity index (χ4v) is 2.48. The van der Waals surface area contributed by atoms with Gasteiger partial charge in [0.15, 0.2) is 0 Å². The molecule has 1 nitrogen and oxygen atoms in total. The number of methoxy groups -OCH3 is 1. The fourth-order valence-electron chi connectivity index (χ4n) is 1.10. The van der Waals surface area contributed by atoms with Crippen LogP contribution in [0.15, 0.2) is 24.3 Å². The van der Waals surface area contributed by atoms with Crippen molar-refractivity contribution in [3.05, 3.63) is 29.8 Å². The Morgan fingerprint density at radius 2 is 2.33 bits per heavy atom. The number of benzene rings is 1. The molecule has 0 aliphatic carbocycles. The largest absolute Gasteiger partial charge is 0.497 e. The van der Waals surface area contributed by atoms with E-state index in [2.05, 4.69) is 25.0 Å². The van der Waals surface area contributed by atoms with E-state index in [1.54, 1.807) is 7.11 Å². The van der Waals surface area contributed by atoms with E-state index in [1.165, 1.54) is 16.5 Å². The zero-order valence-electron chi connectivity index (χ0n) is 7.22. The van der Waals surface area contributed by atoms with Crippen molar-refractivity contribution in [3.8, 4) is 5.75 Å². The third-order valence-electron chi connectivity index (χ3n) is 1.73. The van der Waals surface area contributed by atoms with Crippen molar-refractivity contribution in [1.29, 1.82) is 0 Å². The van der Waals surface area contributed by atoms with E-state index >= 15 is 0 Å². The van der Waals surface area contributed by atoms with Gasteiger partial charge in [0.05, 0.1) is 7.11 Å². The minimum absolute atomic E-state index is 0.0233. The lowest BCUT2D eigenvalue weighted by molar-refractivity contribution is 0.414. The number of aryl methyl sites for hydroxylation is 1. The molecular formula is C9H11BrMgO. The summed E-state index contributed by atoms with van der Waals surface area (Å²) >= 11 is 3.57. The van der Waals surface area contributed by atoms with Crippen LogP contribution in [0.4, 0.5) is 0 Å². The van der Waals surface area contributed by atoms with Crippen molar-refractivity contribution in [2.75, 3.05) is 7.11 Å². The first kappa shape index (κ1) is 10.3. The summed E-state index contributed by atoms with van der Waals surface area (Å²) in [6, 6.07) is 8.29. The van der Waals surface area contributed by atoms with Gasteiger partial charge in [-0.2, -0.15) is 0 Å². The second-order valence-corrected chi connectivity index (χ2v) is 6.11. The smallest absolute Gasteiger partial charge is 0.468 e. The van der Waals surface area contributed by atoms with Crippen LogP contribution in [0.1, 0.15) is 5.56 Å². The average Bonchev–Trinajstić information content (AvgIpc) is 2.15. The quantitative estimate of drug-likeness (QED) is 0.734. The van der Waals surface area contributed by atoms with Crippen molar-refractivity contribution in [1.82, 2.24) is 0 Å². The monoisotopic (exact) mass is 238 g/mol. The molecule has 0 saturated carbocycles. The lowest BCUT2D eigenvalue weighted by Crippen LogP contribution is -1.88. The van der Waals surface area contributed by atoms with E-state index in [9.17, 15) is 0 Å². The molecular weight excluding hydrogens is 228 g/mol. The Morgan fingerprint density at radius 3 is 3.00 bits per heavy atom. The Balaban J connectivity index is 2.60. The van der Waals surface area contributed by atoms with Gasteiger partial charge in [0, 0.05) is 0 Å². The molecule has 0 aliphatic heterocycles. The summed E-state index contributed by atoms with van der Waals surface area (Å²) in [7, 11) is 1.71. The third kappa shape index (κ3) is 3.33. The summed E-state index contributed by atoms with van der Waals surface area (Å²) < 4.78 is 6.45. The summed E-state index contributed by atoms with van der Waals surface area (Å²) in [5.74, 6) is 0.962. The highest BCUT2D eigenvalue weighted by Crippen LogP contribution is 2.13. The van der Waals surface area contributed by atoms with Gasteiger partial charge in [-0.15, -0.1) is 4.55 Å². The molecule has 0 atom stereocenters. The Hall–Kier alpha value is 0.266. The van der Waals surface area contributed by atoms with Crippen molar-refractivity contribution in [2.45, 2.75) is 11.0 Å². The topological polar surface area (TPSA) is 9.23 Å². The molecule has 0 amide bonds. The third-order valence-corrected chi connectivity index (χ3v) is 4.04. The predicted octanol–water partition coefficient (Wildman–Crippen LogP) is 2.67. The maximum atomic E-state index is 5.13. The maximum Gasteiger partial charge on any atom is 0.468 e. The number of halogens is 1. The van der Waals surface area contributed by atoms with Crippen LogP contribution < -0.4 is 4.74 Å². The lowest BCUT2D eigenvalue weighted by Gasteiger charge is -2.02. The molecule has 0 saturated heterocycles. The molecule has 0 radical (unpaired) electrons. The normalized spacial score (nSPS) is 9.17. The van der Waals surface area contributed by atoms with Crippen LogP contribution in [0, 0.1) is 0 Å². The first-order valence-electron chi connectivity index (χ1n) is 4.05. The van der Waals surface area contributed by atoms with Crippen molar-refractivity contribution >= 4 is 31.1 Å². The second-order valence-electron chi connectivity index (χ2n) is 2.64. The van der Waals surface area contributed by atoms with Crippen LogP contribution in [0.5, 0.6) is 5.75 Å². The molecule has 62 valence electrons. The van der Waals surface area contributed by atoms with Crippen molar-refractivity contribution in [3.63, 3.8) is 0 Å². The molecule has 0 bridgehead atoms. The van der Waals surface area contributed by atoms with E-state index in [4.69, 9.17) is 4.74 Å². The molecule has 1 aromatic rings. The fraction of sp³-hybridized carbons (Fsp3) is 0.333. The van der Waals surface area contributed by atoms with Crippen LogP contribution in [0.3, 0.4) is 0 Å². The van der Waals surface area contributed by atoms with Gasteiger partial charge in [0.2, 0.25) is 0 Å². The van der Waals surface area contributed by atoms with Gasteiger partial charge in [-0.3, -0.25) is 0 Å². The first-order chi connectivity index (χ1) is 5.86. The minimum atomic E-state index is 0.0233. The minimum Gasteiger partial charge on any atom is -0.497 e. The van der Waals surface area contributed by atoms with Gasteiger partial charge in [0.25, 0.3) is 0 Å². The predicted molar refractivity (Wildman–Crippen MR) is 56.2 cm³/mol. The van der Waals surface area contributed by atoms with Gasteiger partial charge in [-0.25, -0.2) is 0 Å². The summed E-state index contributed by atoms with van der Waals surface area (Å²) in [6.45, 7) is 0. The molecule has 3 heteroatoms. The second kappa shape index (κ2) is 5.83. The average molecular weight is 239 g/mol.